The molecule has 1 aliphatic carbocycles. The Morgan fingerprint density at radius 2 is 1.61 bits per heavy atom. The van der Waals surface area contributed by atoms with E-state index in [9.17, 15) is 4.79 Å². The van der Waals surface area contributed by atoms with E-state index in [1.165, 1.54) is 5.56 Å². The molecule has 2 aromatic carbocycles. The number of benzene rings is 2. The summed E-state index contributed by atoms with van der Waals surface area (Å²) in [6, 6.07) is 23.0. The molecule has 1 aliphatic heterocycles. The lowest BCUT2D eigenvalue weighted by molar-refractivity contribution is 0.0221. The van der Waals surface area contributed by atoms with Crippen LogP contribution in [0.1, 0.15) is 42.4 Å². The van der Waals surface area contributed by atoms with Gasteiger partial charge in [0.05, 0.1) is 12.6 Å². The molecule has 1 spiro atoms. The van der Waals surface area contributed by atoms with Crippen molar-refractivity contribution in [2.24, 2.45) is 0 Å². The van der Waals surface area contributed by atoms with Crippen molar-refractivity contribution in [2.75, 3.05) is 27.7 Å². The Labute approximate surface area is 214 Å². The number of nitrogens with zero attached hydrogens (tertiary/aromatic N) is 4. The molecule has 0 bridgehead atoms. The molecule has 1 saturated carbocycles. The van der Waals surface area contributed by atoms with Gasteiger partial charge >= 0.3 is 6.03 Å². The summed E-state index contributed by atoms with van der Waals surface area (Å²) < 4.78 is 5.31. The van der Waals surface area contributed by atoms with Crippen molar-refractivity contribution in [1.82, 2.24) is 19.7 Å². The fraction of sp³-hybridized carbons (Fsp3) is 0.400. The first-order valence-electron chi connectivity index (χ1n) is 12.8. The van der Waals surface area contributed by atoms with Crippen molar-refractivity contribution >= 4 is 6.03 Å². The van der Waals surface area contributed by atoms with E-state index in [2.05, 4.69) is 77.4 Å². The Kier molecular flexibility index (Phi) is 6.71. The monoisotopic (exact) mass is 484 g/mol. The minimum absolute atomic E-state index is 0.0149. The minimum atomic E-state index is -0.187. The first-order chi connectivity index (χ1) is 17.5. The lowest BCUT2D eigenvalue weighted by Gasteiger charge is -2.51. The topological polar surface area (TPSA) is 48.9 Å². The maximum absolute atomic E-state index is 13.9. The Balaban J connectivity index is 1.43. The van der Waals surface area contributed by atoms with Crippen LogP contribution in [-0.2, 0) is 18.6 Å². The third-order valence-electron chi connectivity index (χ3n) is 8.33. The lowest BCUT2D eigenvalue weighted by atomic mass is 9.68. The van der Waals surface area contributed by atoms with Gasteiger partial charge in [-0.15, -0.1) is 0 Å². The summed E-state index contributed by atoms with van der Waals surface area (Å²) >= 11 is 0. The van der Waals surface area contributed by atoms with Crippen LogP contribution in [0.4, 0.5) is 4.79 Å². The van der Waals surface area contributed by atoms with Gasteiger partial charge in [-0.1, -0.05) is 48.5 Å². The van der Waals surface area contributed by atoms with Gasteiger partial charge in [-0.05, 0) is 74.7 Å². The summed E-state index contributed by atoms with van der Waals surface area (Å²) in [5.74, 6) is 0.828. The second kappa shape index (κ2) is 9.94. The average Bonchev–Trinajstić information content (AvgIpc) is 3.16. The number of aromatic nitrogens is 1. The highest BCUT2D eigenvalue weighted by Gasteiger charge is 2.54. The normalized spacial score (nSPS) is 24.1. The quantitative estimate of drug-likeness (QED) is 0.457. The van der Waals surface area contributed by atoms with Crippen LogP contribution in [-0.4, -0.2) is 59.0 Å². The van der Waals surface area contributed by atoms with Gasteiger partial charge in [-0.3, -0.25) is 9.88 Å². The molecule has 2 aliphatic rings. The molecular formula is C30H36N4O2. The van der Waals surface area contributed by atoms with Gasteiger partial charge < -0.3 is 14.5 Å². The number of carbonyl (C=O) groups is 1. The number of amides is 2. The van der Waals surface area contributed by atoms with Crippen molar-refractivity contribution in [2.45, 2.75) is 49.9 Å². The van der Waals surface area contributed by atoms with E-state index in [-0.39, 0.29) is 17.1 Å². The number of rotatable bonds is 7. The predicted octanol–water partition coefficient (Wildman–Crippen LogP) is 5.30. The van der Waals surface area contributed by atoms with E-state index in [4.69, 9.17) is 4.74 Å². The van der Waals surface area contributed by atoms with Gasteiger partial charge in [-0.25, -0.2) is 4.79 Å². The van der Waals surface area contributed by atoms with Crippen molar-refractivity contribution in [3.63, 3.8) is 0 Å². The zero-order valence-electron chi connectivity index (χ0n) is 21.6. The van der Waals surface area contributed by atoms with Gasteiger partial charge in [0.15, 0.2) is 0 Å². The highest BCUT2D eigenvalue weighted by molar-refractivity contribution is 5.78. The molecular weight excluding hydrogens is 448 g/mol. The summed E-state index contributed by atoms with van der Waals surface area (Å²) in [7, 11) is 6.05. The van der Waals surface area contributed by atoms with E-state index in [0.29, 0.717) is 13.1 Å². The molecule has 2 fully saturated rings. The van der Waals surface area contributed by atoms with Crippen molar-refractivity contribution in [1.29, 1.82) is 0 Å². The van der Waals surface area contributed by atoms with Crippen LogP contribution < -0.4 is 4.74 Å². The summed E-state index contributed by atoms with van der Waals surface area (Å²) in [6.45, 7) is 1.94. The molecule has 36 heavy (non-hydrogen) atoms. The zero-order chi connectivity index (χ0) is 25.2. The Hall–Kier alpha value is -3.38. The van der Waals surface area contributed by atoms with Crippen molar-refractivity contribution in [3.8, 4) is 5.75 Å². The van der Waals surface area contributed by atoms with Crippen LogP contribution in [0.2, 0.25) is 0 Å². The first-order valence-corrected chi connectivity index (χ1v) is 12.8. The third-order valence-corrected chi connectivity index (χ3v) is 8.33. The molecule has 2 heterocycles. The van der Waals surface area contributed by atoms with Crippen LogP contribution in [0.15, 0.2) is 79.1 Å². The van der Waals surface area contributed by atoms with Crippen LogP contribution in [0.3, 0.4) is 0 Å². The number of carbonyl (C=O) groups excluding carboxylic acids is 1. The van der Waals surface area contributed by atoms with Crippen LogP contribution >= 0.6 is 0 Å². The standard InChI is InChI=1S/C30H36N4O2/c1-32(2)30(26-9-5-4-6-10-26)17-15-29(16-18-30)23-33(21-24-11-13-27(36-3)14-12-24)28(35)34(29)22-25-8-7-19-31-20-25/h4-14,19-20H,15-18,21-23H2,1-3H3. The molecule has 0 radical (unpaired) electrons. The van der Waals surface area contributed by atoms with Gasteiger partial charge in [0.2, 0.25) is 0 Å². The molecule has 0 atom stereocenters. The Bertz CT molecular complexity index is 1160. The fourth-order valence-corrected chi connectivity index (χ4v) is 6.17. The summed E-state index contributed by atoms with van der Waals surface area (Å²) in [6.07, 6.45) is 7.61. The zero-order valence-corrected chi connectivity index (χ0v) is 21.6. The second-order valence-electron chi connectivity index (χ2n) is 10.5. The molecule has 188 valence electrons. The van der Waals surface area contributed by atoms with Crippen LogP contribution in [0, 0.1) is 0 Å². The SMILES string of the molecule is COc1ccc(CN2CC3(CCC(c4ccccc4)(N(C)C)CC3)N(Cc3cccnc3)C2=O)cc1. The number of hydrogen-bond donors (Lipinski definition) is 0. The molecule has 0 unspecified atom stereocenters. The lowest BCUT2D eigenvalue weighted by Crippen LogP contribution is -2.55. The van der Waals surface area contributed by atoms with Crippen LogP contribution in [0.5, 0.6) is 5.75 Å². The van der Waals surface area contributed by atoms with Gasteiger partial charge in [0, 0.05) is 37.6 Å². The molecule has 1 saturated heterocycles. The van der Waals surface area contributed by atoms with Crippen LogP contribution in [0.25, 0.3) is 0 Å². The van der Waals surface area contributed by atoms with Gasteiger partial charge in [-0.2, -0.15) is 0 Å². The molecule has 1 aromatic heterocycles. The van der Waals surface area contributed by atoms with E-state index >= 15 is 0 Å². The van der Waals surface area contributed by atoms with E-state index in [1.807, 2.05) is 29.3 Å². The second-order valence-corrected chi connectivity index (χ2v) is 10.5. The maximum atomic E-state index is 13.9. The third kappa shape index (κ3) is 4.46. The maximum Gasteiger partial charge on any atom is 0.321 e. The number of ether oxygens (including phenoxy) is 1. The molecule has 0 N–H and O–H groups in total. The van der Waals surface area contributed by atoms with E-state index in [0.717, 1.165) is 49.1 Å². The predicted molar refractivity (Wildman–Crippen MR) is 142 cm³/mol. The summed E-state index contributed by atoms with van der Waals surface area (Å²) in [5.41, 5.74) is 3.35. The average molecular weight is 485 g/mol. The highest BCUT2D eigenvalue weighted by atomic mass is 16.5. The molecule has 2 amide bonds. The largest absolute Gasteiger partial charge is 0.497 e. The number of methoxy groups -OCH3 is 1. The van der Waals surface area contributed by atoms with Gasteiger partial charge in [0.1, 0.15) is 5.75 Å². The van der Waals surface area contributed by atoms with E-state index in [1.54, 1.807) is 13.3 Å². The number of urea groups is 1. The first kappa shape index (κ1) is 24.3. The number of pyridine rings is 1. The van der Waals surface area contributed by atoms with Gasteiger partial charge in [0.25, 0.3) is 0 Å². The molecule has 6 heteroatoms. The minimum Gasteiger partial charge on any atom is -0.497 e. The highest BCUT2D eigenvalue weighted by Crippen LogP contribution is 2.49. The molecule has 6 nitrogen and oxygen atoms in total. The summed E-state index contributed by atoms with van der Waals surface area (Å²) in [5, 5.41) is 0. The number of hydrogen-bond acceptors (Lipinski definition) is 4. The fourth-order valence-electron chi connectivity index (χ4n) is 6.17. The van der Waals surface area contributed by atoms with E-state index < -0.39 is 0 Å². The van der Waals surface area contributed by atoms with Crippen molar-refractivity contribution < 1.29 is 9.53 Å². The molecule has 5 rings (SSSR count). The Morgan fingerprint density at radius 1 is 0.889 bits per heavy atom. The smallest absolute Gasteiger partial charge is 0.321 e. The summed E-state index contributed by atoms with van der Waals surface area (Å²) in [4.78, 5) is 24.7. The molecule has 3 aromatic rings. The Morgan fingerprint density at radius 3 is 2.22 bits per heavy atom. The van der Waals surface area contributed by atoms with Crippen molar-refractivity contribution in [3.05, 3.63) is 95.8 Å².